The summed E-state index contributed by atoms with van der Waals surface area (Å²) in [6, 6.07) is 10.5. The SMILES string of the molecule is Nc1ccccc1CNC1CCCc2occc21. The summed E-state index contributed by atoms with van der Waals surface area (Å²) < 4.78 is 5.50. The fourth-order valence-corrected chi connectivity index (χ4v) is 2.63. The summed E-state index contributed by atoms with van der Waals surface area (Å²) >= 11 is 0. The molecule has 1 aromatic heterocycles. The van der Waals surface area contributed by atoms with Crippen molar-refractivity contribution in [2.24, 2.45) is 0 Å². The van der Waals surface area contributed by atoms with Crippen LogP contribution in [0, 0.1) is 0 Å². The lowest BCUT2D eigenvalue weighted by Crippen LogP contribution is -2.24. The molecular formula is C15H18N2O. The summed E-state index contributed by atoms with van der Waals surface area (Å²) in [7, 11) is 0. The molecule has 1 heterocycles. The zero-order chi connectivity index (χ0) is 12.4. The lowest BCUT2D eigenvalue weighted by molar-refractivity contribution is 0.411. The predicted molar refractivity (Wildman–Crippen MR) is 72.1 cm³/mol. The van der Waals surface area contributed by atoms with Crippen molar-refractivity contribution in [1.82, 2.24) is 5.32 Å². The number of para-hydroxylation sites is 1. The van der Waals surface area contributed by atoms with Gasteiger partial charge >= 0.3 is 0 Å². The smallest absolute Gasteiger partial charge is 0.108 e. The average Bonchev–Trinajstić information content (AvgIpc) is 2.86. The topological polar surface area (TPSA) is 51.2 Å². The molecule has 0 amide bonds. The van der Waals surface area contributed by atoms with Crippen molar-refractivity contribution in [2.45, 2.75) is 31.8 Å². The lowest BCUT2D eigenvalue weighted by atomic mass is 9.93. The van der Waals surface area contributed by atoms with Gasteiger partial charge < -0.3 is 15.5 Å². The first-order valence-corrected chi connectivity index (χ1v) is 6.47. The number of hydrogen-bond acceptors (Lipinski definition) is 3. The van der Waals surface area contributed by atoms with Crippen LogP contribution in [0.3, 0.4) is 0 Å². The Morgan fingerprint density at radius 2 is 2.17 bits per heavy atom. The Morgan fingerprint density at radius 1 is 1.28 bits per heavy atom. The second kappa shape index (κ2) is 4.86. The number of fused-ring (bicyclic) bond motifs is 1. The Bertz CT molecular complexity index is 533. The summed E-state index contributed by atoms with van der Waals surface area (Å²) in [6.45, 7) is 0.808. The Hall–Kier alpha value is -1.74. The largest absolute Gasteiger partial charge is 0.469 e. The van der Waals surface area contributed by atoms with Crippen molar-refractivity contribution >= 4 is 5.69 Å². The number of furan rings is 1. The summed E-state index contributed by atoms with van der Waals surface area (Å²) in [5, 5.41) is 3.58. The van der Waals surface area contributed by atoms with Crippen LogP contribution < -0.4 is 11.1 Å². The molecule has 3 N–H and O–H groups in total. The maximum atomic E-state index is 5.95. The molecule has 1 aromatic carbocycles. The molecule has 3 nitrogen and oxygen atoms in total. The molecule has 1 unspecified atom stereocenters. The van der Waals surface area contributed by atoms with Crippen LogP contribution in [0.2, 0.25) is 0 Å². The summed E-state index contributed by atoms with van der Waals surface area (Å²) in [6.07, 6.45) is 5.21. The molecule has 3 rings (SSSR count). The van der Waals surface area contributed by atoms with Gasteiger partial charge in [0.25, 0.3) is 0 Å². The first-order valence-electron chi connectivity index (χ1n) is 6.47. The molecule has 18 heavy (non-hydrogen) atoms. The van der Waals surface area contributed by atoms with Crippen LogP contribution in [0.1, 0.15) is 35.8 Å². The first-order chi connectivity index (χ1) is 8.84. The minimum absolute atomic E-state index is 0.395. The summed E-state index contributed by atoms with van der Waals surface area (Å²) in [4.78, 5) is 0. The van der Waals surface area contributed by atoms with E-state index in [1.165, 1.54) is 18.4 Å². The third kappa shape index (κ3) is 2.14. The van der Waals surface area contributed by atoms with Gasteiger partial charge in [0, 0.05) is 30.3 Å². The van der Waals surface area contributed by atoms with Crippen LogP contribution >= 0.6 is 0 Å². The molecular weight excluding hydrogens is 224 g/mol. The van der Waals surface area contributed by atoms with Gasteiger partial charge in [-0.2, -0.15) is 0 Å². The Kier molecular flexibility index (Phi) is 3.07. The fraction of sp³-hybridized carbons (Fsp3) is 0.333. The standard InChI is InChI=1S/C15H18N2O/c16-13-5-2-1-4-11(13)10-17-14-6-3-7-15-12(14)8-9-18-15/h1-2,4-5,8-9,14,17H,3,6-7,10,16H2. The first kappa shape index (κ1) is 11.4. The van der Waals surface area contributed by atoms with Crippen molar-refractivity contribution in [3.63, 3.8) is 0 Å². The van der Waals surface area contributed by atoms with E-state index < -0.39 is 0 Å². The van der Waals surface area contributed by atoms with E-state index in [9.17, 15) is 0 Å². The Morgan fingerprint density at radius 3 is 3.06 bits per heavy atom. The van der Waals surface area contributed by atoms with Gasteiger partial charge in [-0.3, -0.25) is 0 Å². The molecule has 94 valence electrons. The van der Waals surface area contributed by atoms with E-state index in [1.54, 1.807) is 6.26 Å². The van der Waals surface area contributed by atoms with Gasteiger partial charge in [-0.1, -0.05) is 18.2 Å². The molecule has 3 heteroatoms. The number of anilines is 1. The van der Waals surface area contributed by atoms with Crippen LogP contribution in [0.25, 0.3) is 0 Å². The highest BCUT2D eigenvalue weighted by atomic mass is 16.3. The van der Waals surface area contributed by atoms with E-state index >= 15 is 0 Å². The average molecular weight is 242 g/mol. The molecule has 0 saturated heterocycles. The zero-order valence-corrected chi connectivity index (χ0v) is 10.4. The number of aryl methyl sites for hydroxylation is 1. The number of nitrogens with two attached hydrogens (primary N) is 1. The van der Waals surface area contributed by atoms with Crippen LogP contribution in [0.4, 0.5) is 5.69 Å². The van der Waals surface area contributed by atoms with E-state index in [2.05, 4.69) is 17.4 Å². The Labute approximate surface area is 107 Å². The number of benzene rings is 1. The van der Waals surface area contributed by atoms with Crippen LogP contribution in [0.5, 0.6) is 0 Å². The number of nitrogen functional groups attached to an aromatic ring is 1. The second-order valence-corrected chi connectivity index (χ2v) is 4.82. The van der Waals surface area contributed by atoms with Gasteiger partial charge in [0.2, 0.25) is 0 Å². The van der Waals surface area contributed by atoms with E-state index in [-0.39, 0.29) is 0 Å². The molecule has 0 fully saturated rings. The Balaban J connectivity index is 1.71. The quantitative estimate of drug-likeness (QED) is 0.813. The summed E-state index contributed by atoms with van der Waals surface area (Å²) in [5.41, 5.74) is 9.28. The van der Waals surface area contributed by atoms with Crippen LogP contribution in [0.15, 0.2) is 41.0 Å². The van der Waals surface area contributed by atoms with E-state index in [1.807, 2.05) is 18.2 Å². The molecule has 1 aliphatic carbocycles. The van der Waals surface area contributed by atoms with E-state index in [4.69, 9.17) is 10.2 Å². The third-order valence-electron chi connectivity index (χ3n) is 3.65. The van der Waals surface area contributed by atoms with Crippen molar-refractivity contribution in [3.05, 3.63) is 53.5 Å². The zero-order valence-electron chi connectivity index (χ0n) is 10.4. The molecule has 0 bridgehead atoms. The second-order valence-electron chi connectivity index (χ2n) is 4.82. The summed E-state index contributed by atoms with van der Waals surface area (Å²) in [5.74, 6) is 1.14. The van der Waals surface area contributed by atoms with E-state index in [0.717, 1.165) is 30.0 Å². The van der Waals surface area contributed by atoms with Crippen molar-refractivity contribution in [1.29, 1.82) is 0 Å². The molecule has 1 aliphatic rings. The molecule has 0 saturated carbocycles. The highest BCUT2D eigenvalue weighted by Gasteiger charge is 2.21. The molecule has 0 spiro atoms. The van der Waals surface area contributed by atoms with Crippen molar-refractivity contribution in [2.75, 3.05) is 5.73 Å². The van der Waals surface area contributed by atoms with E-state index in [0.29, 0.717) is 6.04 Å². The maximum absolute atomic E-state index is 5.95. The maximum Gasteiger partial charge on any atom is 0.108 e. The van der Waals surface area contributed by atoms with Gasteiger partial charge in [-0.15, -0.1) is 0 Å². The minimum Gasteiger partial charge on any atom is -0.469 e. The molecule has 0 aliphatic heterocycles. The number of rotatable bonds is 3. The van der Waals surface area contributed by atoms with Gasteiger partial charge in [0.15, 0.2) is 0 Å². The predicted octanol–water partition coefficient (Wildman–Crippen LogP) is 3.03. The fourth-order valence-electron chi connectivity index (χ4n) is 2.63. The number of hydrogen-bond donors (Lipinski definition) is 2. The molecule has 2 aromatic rings. The highest BCUT2D eigenvalue weighted by Crippen LogP contribution is 2.30. The van der Waals surface area contributed by atoms with Crippen molar-refractivity contribution < 1.29 is 4.42 Å². The third-order valence-corrected chi connectivity index (χ3v) is 3.65. The number of nitrogens with one attached hydrogen (secondary N) is 1. The molecule has 0 radical (unpaired) electrons. The van der Waals surface area contributed by atoms with Crippen LogP contribution in [-0.2, 0) is 13.0 Å². The van der Waals surface area contributed by atoms with Gasteiger partial charge in [0.05, 0.1) is 6.26 Å². The minimum atomic E-state index is 0.395. The van der Waals surface area contributed by atoms with Gasteiger partial charge in [0.1, 0.15) is 5.76 Å². The highest BCUT2D eigenvalue weighted by molar-refractivity contribution is 5.46. The van der Waals surface area contributed by atoms with Crippen LogP contribution in [-0.4, -0.2) is 0 Å². The van der Waals surface area contributed by atoms with Gasteiger partial charge in [-0.25, -0.2) is 0 Å². The van der Waals surface area contributed by atoms with Gasteiger partial charge in [-0.05, 0) is 30.5 Å². The monoisotopic (exact) mass is 242 g/mol. The molecule has 1 atom stereocenters. The van der Waals surface area contributed by atoms with Crippen molar-refractivity contribution in [3.8, 4) is 0 Å². The normalized spacial score (nSPS) is 18.6. The lowest BCUT2D eigenvalue weighted by Gasteiger charge is -2.23.